The van der Waals surface area contributed by atoms with Crippen LogP contribution in [0.1, 0.15) is 17.2 Å². The van der Waals surface area contributed by atoms with Gasteiger partial charge in [-0.3, -0.25) is 0 Å². The summed E-state index contributed by atoms with van der Waals surface area (Å²) in [4.78, 5) is 0. The van der Waals surface area contributed by atoms with Crippen molar-refractivity contribution in [1.29, 1.82) is 0 Å². The van der Waals surface area contributed by atoms with E-state index in [2.05, 4.69) is 15.9 Å². The van der Waals surface area contributed by atoms with Gasteiger partial charge >= 0.3 is 12.4 Å². The maximum atomic E-state index is 12.5. The second-order valence-corrected chi connectivity index (χ2v) is 4.32. The van der Waals surface area contributed by atoms with Crippen molar-refractivity contribution in [2.24, 2.45) is 5.73 Å². The zero-order chi connectivity index (χ0) is 14.3. The maximum Gasteiger partial charge on any atom is 0.420 e. The first-order chi connectivity index (χ1) is 7.94. The molecule has 0 aromatic heterocycles. The smallest absolute Gasteiger partial charge is 0.420 e. The third-order valence-electron chi connectivity index (χ3n) is 2.10. The lowest BCUT2D eigenvalue weighted by atomic mass is 10.0. The van der Waals surface area contributed by atoms with Crippen LogP contribution in [-0.2, 0) is 6.18 Å². The lowest BCUT2D eigenvalue weighted by molar-refractivity contribution is -0.151. The number of hydrogen-bond donors (Lipinski definition) is 2. The number of halogens is 8. The predicted molar refractivity (Wildman–Crippen MR) is 61.0 cm³/mol. The lowest BCUT2D eigenvalue weighted by Crippen LogP contribution is -2.29. The lowest BCUT2D eigenvalue weighted by Gasteiger charge is -2.20. The Labute approximate surface area is 118 Å². The average molecular weight is 375 g/mol. The molecule has 0 aliphatic carbocycles. The first kappa shape index (κ1) is 18.3. The van der Waals surface area contributed by atoms with Crippen LogP contribution in [0.2, 0.25) is 0 Å². The zero-order valence-corrected chi connectivity index (χ0v) is 11.2. The van der Waals surface area contributed by atoms with Gasteiger partial charge in [-0.1, -0.05) is 15.9 Å². The molecule has 0 unspecified atom stereocenters. The number of benzene rings is 1. The van der Waals surface area contributed by atoms with Crippen LogP contribution in [0.3, 0.4) is 0 Å². The van der Waals surface area contributed by atoms with Gasteiger partial charge in [-0.2, -0.15) is 26.3 Å². The Morgan fingerprint density at radius 3 is 1.95 bits per heavy atom. The van der Waals surface area contributed by atoms with Gasteiger partial charge in [-0.05, 0) is 12.1 Å². The predicted octanol–water partition coefficient (Wildman–Crippen LogP) is 4.16. The van der Waals surface area contributed by atoms with E-state index >= 15 is 0 Å². The van der Waals surface area contributed by atoms with Crippen LogP contribution in [0.4, 0.5) is 26.3 Å². The van der Waals surface area contributed by atoms with E-state index in [0.717, 1.165) is 0 Å². The molecule has 0 amide bonds. The summed E-state index contributed by atoms with van der Waals surface area (Å²) in [6.07, 6.45) is -9.94. The van der Waals surface area contributed by atoms with Crippen LogP contribution in [-0.4, -0.2) is 11.3 Å². The molecule has 0 saturated carbocycles. The number of nitrogens with two attached hydrogens (primary N) is 1. The highest BCUT2D eigenvalue weighted by atomic mass is 79.9. The number of hydrogen-bond acceptors (Lipinski definition) is 2. The van der Waals surface area contributed by atoms with E-state index in [1.54, 1.807) is 0 Å². The number of phenolic OH excluding ortho intramolecular Hbond substituents is 1. The molecule has 0 aliphatic rings. The van der Waals surface area contributed by atoms with Crippen molar-refractivity contribution >= 4 is 28.3 Å². The minimum atomic E-state index is -4.98. The standard InChI is InChI=1S/C9H6BrF6NO.ClH/c10-3-1-4(7(17)9(14,15)16)6(18)5(2-3)8(11,12)13;/h1-2,7,18H,17H2;1H/t7-;/m1./s1. The van der Waals surface area contributed by atoms with Gasteiger partial charge in [0, 0.05) is 10.0 Å². The van der Waals surface area contributed by atoms with E-state index in [4.69, 9.17) is 5.73 Å². The van der Waals surface area contributed by atoms with Gasteiger partial charge in [0.25, 0.3) is 0 Å². The zero-order valence-electron chi connectivity index (χ0n) is 8.81. The van der Waals surface area contributed by atoms with Crippen LogP contribution < -0.4 is 5.73 Å². The number of rotatable bonds is 1. The van der Waals surface area contributed by atoms with Gasteiger partial charge in [0.2, 0.25) is 0 Å². The molecular weight excluding hydrogens is 367 g/mol. The van der Waals surface area contributed by atoms with Crippen molar-refractivity contribution < 1.29 is 31.4 Å². The van der Waals surface area contributed by atoms with E-state index in [1.165, 1.54) is 0 Å². The highest BCUT2D eigenvalue weighted by Gasteiger charge is 2.42. The number of phenols is 1. The van der Waals surface area contributed by atoms with Crippen LogP contribution in [0.15, 0.2) is 16.6 Å². The van der Waals surface area contributed by atoms with Crippen LogP contribution in [0.5, 0.6) is 5.75 Å². The minimum absolute atomic E-state index is 0. The molecule has 1 aromatic carbocycles. The van der Waals surface area contributed by atoms with Gasteiger partial charge < -0.3 is 10.8 Å². The van der Waals surface area contributed by atoms with Crippen molar-refractivity contribution in [3.8, 4) is 5.75 Å². The molecule has 0 saturated heterocycles. The fourth-order valence-electron chi connectivity index (χ4n) is 1.25. The van der Waals surface area contributed by atoms with Crippen molar-refractivity contribution in [2.75, 3.05) is 0 Å². The monoisotopic (exact) mass is 373 g/mol. The summed E-state index contributed by atoms with van der Waals surface area (Å²) >= 11 is 2.64. The van der Waals surface area contributed by atoms with E-state index in [-0.39, 0.29) is 16.9 Å². The van der Waals surface area contributed by atoms with E-state index < -0.39 is 35.3 Å². The fourth-order valence-corrected chi connectivity index (χ4v) is 1.73. The molecule has 1 atom stereocenters. The van der Waals surface area contributed by atoms with Crippen LogP contribution in [0.25, 0.3) is 0 Å². The second-order valence-electron chi connectivity index (χ2n) is 3.41. The summed E-state index contributed by atoms with van der Waals surface area (Å²) < 4.78 is 74.2. The Balaban J connectivity index is 0.00000324. The molecule has 2 nitrogen and oxygen atoms in total. The van der Waals surface area contributed by atoms with Crippen LogP contribution >= 0.6 is 28.3 Å². The van der Waals surface area contributed by atoms with Crippen molar-refractivity contribution in [3.63, 3.8) is 0 Å². The molecule has 1 rings (SSSR count). The number of alkyl halides is 6. The summed E-state index contributed by atoms with van der Waals surface area (Å²) in [6.45, 7) is 0. The van der Waals surface area contributed by atoms with E-state index in [0.29, 0.717) is 12.1 Å². The maximum absolute atomic E-state index is 12.5. The first-order valence-corrected chi connectivity index (χ1v) is 5.15. The largest absolute Gasteiger partial charge is 0.507 e. The Morgan fingerprint density at radius 1 is 1.11 bits per heavy atom. The first-order valence-electron chi connectivity index (χ1n) is 4.36. The molecule has 1 aromatic rings. The molecule has 0 heterocycles. The Hall–Kier alpha value is -0.670. The molecule has 10 heteroatoms. The van der Waals surface area contributed by atoms with Crippen molar-refractivity contribution in [1.82, 2.24) is 0 Å². The molecule has 0 spiro atoms. The minimum Gasteiger partial charge on any atom is -0.507 e. The quantitative estimate of drug-likeness (QED) is 0.725. The third kappa shape index (κ3) is 4.15. The SMILES string of the molecule is Cl.N[C@H](c1cc(Br)cc(C(F)(F)F)c1O)C(F)(F)F. The summed E-state index contributed by atoms with van der Waals surface area (Å²) in [5.41, 5.74) is 2.17. The molecule has 0 aliphatic heterocycles. The molecule has 0 fully saturated rings. The van der Waals surface area contributed by atoms with Gasteiger partial charge in [-0.25, -0.2) is 0 Å². The van der Waals surface area contributed by atoms with Crippen molar-refractivity contribution in [2.45, 2.75) is 18.4 Å². The fraction of sp³-hybridized carbons (Fsp3) is 0.333. The highest BCUT2D eigenvalue weighted by molar-refractivity contribution is 9.10. The molecule has 19 heavy (non-hydrogen) atoms. The van der Waals surface area contributed by atoms with Crippen molar-refractivity contribution in [3.05, 3.63) is 27.7 Å². The van der Waals surface area contributed by atoms with Gasteiger partial charge in [-0.15, -0.1) is 12.4 Å². The molecule has 0 radical (unpaired) electrons. The molecule has 0 bridgehead atoms. The van der Waals surface area contributed by atoms with Gasteiger partial charge in [0.05, 0.1) is 5.56 Å². The van der Waals surface area contributed by atoms with E-state index in [1.807, 2.05) is 0 Å². The summed E-state index contributed by atoms with van der Waals surface area (Å²) in [5.74, 6) is -1.52. The molecule has 3 N–H and O–H groups in total. The van der Waals surface area contributed by atoms with E-state index in [9.17, 15) is 31.4 Å². The van der Waals surface area contributed by atoms with Gasteiger partial charge in [0.15, 0.2) is 0 Å². The van der Waals surface area contributed by atoms with Crippen LogP contribution in [0, 0.1) is 0 Å². The Bertz CT molecular complexity index is 461. The third-order valence-corrected chi connectivity index (χ3v) is 2.56. The second kappa shape index (κ2) is 5.76. The average Bonchev–Trinajstić information content (AvgIpc) is 2.17. The number of aromatic hydroxyl groups is 1. The normalized spacial score (nSPS) is 13.9. The molecule has 110 valence electrons. The summed E-state index contributed by atoms with van der Waals surface area (Å²) in [5, 5.41) is 9.26. The van der Waals surface area contributed by atoms with Gasteiger partial charge in [0.1, 0.15) is 11.8 Å². The summed E-state index contributed by atoms with van der Waals surface area (Å²) in [6, 6.07) is -1.53. The highest BCUT2D eigenvalue weighted by Crippen LogP contribution is 2.43. The Morgan fingerprint density at radius 2 is 1.58 bits per heavy atom. The molecular formula is C9H7BrClF6NO. The summed E-state index contributed by atoms with van der Waals surface area (Å²) in [7, 11) is 0. The topological polar surface area (TPSA) is 46.2 Å². The Kier molecular flexibility index (Phi) is 5.56.